The van der Waals surface area contributed by atoms with Crippen LogP contribution in [-0.2, 0) is 27.5 Å². The average molecular weight is 536 g/mol. The zero-order valence-corrected chi connectivity index (χ0v) is 20.4. The molecule has 2 fully saturated rings. The van der Waals surface area contributed by atoms with E-state index in [4.69, 9.17) is 23.2 Å². The number of halogens is 5. The first kappa shape index (κ1) is 25.2. The molecule has 0 unspecified atom stereocenters. The molecule has 0 saturated carbocycles. The summed E-state index contributed by atoms with van der Waals surface area (Å²) in [4.78, 5) is 14.5. The molecule has 1 N–H and O–H groups in total. The Kier molecular flexibility index (Phi) is 6.67. The van der Waals surface area contributed by atoms with Gasteiger partial charge in [0.1, 0.15) is 0 Å². The van der Waals surface area contributed by atoms with E-state index in [1.165, 1.54) is 33.5 Å². The van der Waals surface area contributed by atoms with Crippen LogP contribution >= 0.6 is 23.2 Å². The number of amides is 1. The van der Waals surface area contributed by atoms with Crippen molar-refractivity contribution in [2.24, 2.45) is 0 Å². The number of carbonyl (C=O) groups is 1. The first-order chi connectivity index (χ1) is 15.8. The van der Waals surface area contributed by atoms with Gasteiger partial charge in [0.2, 0.25) is 15.9 Å². The van der Waals surface area contributed by atoms with Gasteiger partial charge in [-0.3, -0.25) is 10.1 Å². The molecule has 1 amide bonds. The Bertz CT molecular complexity index is 1220. The number of hydrogen-bond donors (Lipinski definition) is 1. The Morgan fingerprint density at radius 1 is 1.09 bits per heavy atom. The highest BCUT2D eigenvalue weighted by Crippen LogP contribution is 2.37. The fourth-order valence-corrected chi connectivity index (χ4v) is 6.37. The number of carbonyl (C=O) groups excluding carboxylic acids is 1. The number of nitrogens with one attached hydrogen (secondary N) is 1. The predicted molar refractivity (Wildman–Crippen MR) is 122 cm³/mol. The summed E-state index contributed by atoms with van der Waals surface area (Å²) < 4.78 is 66.9. The lowest BCUT2D eigenvalue weighted by molar-refractivity contribution is -0.137. The van der Waals surface area contributed by atoms with Crippen LogP contribution in [0.1, 0.15) is 30.9 Å². The topological polar surface area (TPSA) is 69.7 Å². The monoisotopic (exact) mass is 535 g/mol. The zero-order chi connectivity index (χ0) is 24.9. The van der Waals surface area contributed by atoms with Crippen molar-refractivity contribution in [1.29, 1.82) is 0 Å². The fourth-order valence-electron chi connectivity index (χ4n) is 4.54. The Hall–Kier alpha value is -1.85. The molecule has 34 heavy (non-hydrogen) atoms. The van der Waals surface area contributed by atoms with Crippen LogP contribution in [-0.4, -0.2) is 48.3 Å². The van der Waals surface area contributed by atoms with E-state index in [-0.39, 0.29) is 53.3 Å². The van der Waals surface area contributed by atoms with Crippen molar-refractivity contribution in [3.8, 4) is 0 Å². The van der Waals surface area contributed by atoms with Crippen LogP contribution in [0, 0.1) is 0 Å². The molecule has 1 spiro atoms. The molecular formula is C22H22Cl2F3N3O3S. The Morgan fingerprint density at radius 2 is 1.76 bits per heavy atom. The SMILES string of the molecule is C[C@H]1NC2(CCN(S(=O)(=O)c3ccc(Cl)c(Cl)c3)CC2)N(Cc2cccc(C(F)(F)F)c2)C1=O. The van der Waals surface area contributed by atoms with E-state index in [9.17, 15) is 26.4 Å². The van der Waals surface area contributed by atoms with E-state index < -0.39 is 33.5 Å². The lowest BCUT2D eigenvalue weighted by atomic mass is 9.96. The van der Waals surface area contributed by atoms with Gasteiger partial charge in [0.15, 0.2) is 0 Å². The Morgan fingerprint density at radius 3 is 2.38 bits per heavy atom. The number of rotatable bonds is 4. The van der Waals surface area contributed by atoms with Crippen LogP contribution in [0.3, 0.4) is 0 Å². The summed E-state index contributed by atoms with van der Waals surface area (Å²) in [5.74, 6) is -0.238. The van der Waals surface area contributed by atoms with E-state index >= 15 is 0 Å². The molecule has 2 aromatic rings. The van der Waals surface area contributed by atoms with Crippen molar-refractivity contribution in [2.45, 2.75) is 49.1 Å². The molecule has 2 saturated heterocycles. The quantitative estimate of drug-likeness (QED) is 0.625. The second-order valence-corrected chi connectivity index (χ2v) is 11.3. The van der Waals surface area contributed by atoms with Gasteiger partial charge in [0, 0.05) is 19.6 Å². The normalized spacial score (nSPS) is 21.4. The van der Waals surface area contributed by atoms with Gasteiger partial charge >= 0.3 is 6.18 Å². The molecule has 1 atom stereocenters. The summed E-state index contributed by atoms with van der Waals surface area (Å²) in [6, 6.07) is 8.43. The lowest BCUT2D eigenvalue weighted by Crippen LogP contribution is -2.59. The van der Waals surface area contributed by atoms with Gasteiger partial charge < -0.3 is 4.90 Å². The summed E-state index contributed by atoms with van der Waals surface area (Å²) in [5, 5.41) is 3.62. The van der Waals surface area contributed by atoms with Crippen molar-refractivity contribution in [2.75, 3.05) is 13.1 Å². The second-order valence-electron chi connectivity index (χ2n) is 8.50. The first-order valence-electron chi connectivity index (χ1n) is 10.5. The maximum absolute atomic E-state index is 13.1. The number of piperidine rings is 1. The zero-order valence-electron chi connectivity index (χ0n) is 18.1. The summed E-state index contributed by atoms with van der Waals surface area (Å²) in [7, 11) is -3.84. The van der Waals surface area contributed by atoms with Crippen LogP contribution in [0.25, 0.3) is 0 Å². The molecular weight excluding hydrogens is 514 g/mol. The second kappa shape index (κ2) is 8.98. The van der Waals surface area contributed by atoms with Gasteiger partial charge in [-0.2, -0.15) is 17.5 Å². The van der Waals surface area contributed by atoms with Gasteiger partial charge in [0.25, 0.3) is 0 Å². The maximum Gasteiger partial charge on any atom is 0.416 e. The molecule has 12 heteroatoms. The average Bonchev–Trinajstić information content (AvgIpc) is 2.99. The molecule has 0 radical (unpaired) electrons. The third kappa shape index (κ3) is 4.66. The van der Waals surface area contributed by atoms with Crippen LogP contribution < -0.4 is 5.32 Å². The Labute approximate surface area is 205 Å². The van der Waals surface area contributed by atoms with Crippen molar-refractivity contribution in [3.63, 3.8) is 0 Å². The van der Waals surface area contributed by atoms with Crippen molar-refractivity contribution >= 4 is 39.1 Å². The minimum atomic E-state index is -4.49. The van der Waals surface area contributed by atoms with Crippen molar-refractivity contribution < 1.29 is 26.4 Å². The van der Waals surface area contributed by atoms with E-state index in [1.54, 1.807) is 13.0 Å². The molecule has 2 aromatic carbocycles. The number of benzene rings is 2. The molecule has 2 aliphatic rings. The molecule has 2 heterocycles. The van der Waals surface area contributed by atoms with Gasteiger partial charge in [-0.1, -0.05) is 35.3 Å². The third-order valence-electron chi connectivity index (χ3n) is 6.31. The maximum atomic E-state index is 13.1. The minimum absolute atomic E-state index is 0.0143. The third-order valence-corrected chi connectivity index (χ3v) is 8.95. The number of sulfonamides is 1. The summed E-state index contributed by atoms with van der Waals surface area (Å²) in [6.07, 6.45) is -3.93. The van der Waals surface area contributed by atoms with Crippen molar-refractivity contribution in [1.82, 2.24) is 14.5 Å². The van der Waals surface area contributed by atoms with E-state index in [0.29, 0.717) is 5.56 Å². The van der Waals surface area contributed by atoms with Gasteiger partial charge in [-0.05, 0) is 55.7 Å². The lowest BCUT2D eigenvalue weighted by Gasteiger charge is -2.44. The number of nitrogens with zero attached hydrogens (tertiary/aromatic N) is 2. The molecule has 6 nitrogen and oxygen atoms in total. The smallest absolute Gasteiger partial charge is 0.319 e. The fraction of sp³-hybridized carbons (Fsp3) is 0.409. The van der Waals surface area contributed by atoms with E-state index in [1.807, 2.05) is 0 Å². The molecule has 2 aliphatic heterocycles. The molecule has 0 bridgehead atoms. The van der Waals surface area contributed by atoms with Gasteiger partial charge in [0.05, 0.1) is 32.2 Å². The molecule has 0 aliphatic carbocycles. The van der Waals surface area contributed by atoms with Gasteiger partial charge in [-0.15, -0.1) is 0 Å². The largest absolute Gasteiger partial charge is 0.416 e. The molecule has 0 aromatic heterocycles. The first-order valence-corrected chi connectivity index (χ1v) is 12.7. The summed E-state index contributed by atoms with van der Waals surface area (Å²) in [6.45, 7) is 1.91. The highest BCUT2D eigenvalue weighted by atomic mass is 35.5. The predicted octanol–water partition coefficient (Wildman–Crippen LogP) is 4.51. The molecule has 184 valence electrons. The van der Waals surface area contributed by atoms with Gasteiger partial charge in [-0.25, -0.2) is 8.42 Å². The Balaban J connectivity index is 1.55. The van der Waals surface area contributed by atoms with E-state index in [2.05, 4.69) is 5.32 Å². The van der Waals surface area contributed by atoms with Crippen LogP contribution in [0.4, 0.5) is 13.2 Å². The van der Waals surface area contributed by atoms with Crippen molar-refractivity contribution in [3.05, 3.63) is 63.6 Å². The molecule has 4 rings (SSSR count). The van der Waals surface area contributed by atoms with Crippen LogP contribution in [0.2, 0.25) is 10.0 Å². The van der Waals surface area contributed by atoms with E-state index in [0.717, 1.165) is 12.1 Å². The number of hydrogen-bond acceptors (Lipinski definition) is 4. The summed E-state index contributed by atoms with van der Waals surface area (Å²) in [5.41, 5.74) is -1.28. The summed E-state index contributed by atoms with van der Waals surface area (Å²) >= 11 is 11.9. The van der Waals surface area contributed by atoms with Crippen LogP contribution in [0.15, 0.2) is 47.4 Å². The standard InChI is InChI=1S/C22H22Cl2F3N3O3S/c1-14-20(31)30(13-15-3-2-4-16(11-15)22(25,26)27)21(28-14)7-9-29(10-8-21)34(32,33)17-5-6-18(23)19(24)12-17/h2-6,11-12,14,28H,7-10,13H2,1H3/t14-/m1/s1. The highest BCUT2D eigenvalue weighted by molar-refractivity contribution is 7.89. The van der Waals surface area contributed by atoms with Crippen LogP contribution in [0.5, 0.6) is 0 Å². The minimum Gasteiger partial charge on any atom is -0.319 e. The highest BCUT2D eigenvalue weighted by Gasteiger charge is 2.51. The number of alkyl halides is 3.